The second-order valence-electron chi connectivity index (χ2n) is 5.54. The number of hydrazone groups is 1. The van der Waals surface area contributed by atoms with Crippen molar-refractivity contribution in [3.05, 3.63) is 64.7 Å². The lowest BCUT2D eigenvalue weighted by atomic mass is 10.1. The van der Waals surface area contributed by atoms with Gasteiger partial charge in [0.05, 0.1) is 28.3 Å². The minimum atomic E-state index is -4.59. The second kappa shape index (κ2) is 8.68. The summed E-state index contributed by atoms with van der Waals surface area (Å²) in [7, 11) is 0. The van der Waals surface area contributed by atoms with Crippen molar-refractivity contribution in [3.8, 4) is 0 Å². The molecule has 0 aliphatic heterocycles. The number of halogens is 4. The van der Waals surface area contributed by atoms with E-state index in [4.69, 9.17) is 11.6 Å². The predicted molar refractivity (Wildman–Crippen MR) is 96.7 cm³/mol. The summed E-state index contributed by atoms with van der Waals surface area (Å²) in [6.07, 6.45) is -4.88. The Morgan fingerprint density at radius 1 is 1.07 bits per heavy atom. The number of hydrogen-bond acceptors (Lipinski definition) is 3. The summed E-state index contributed by atoms with van der Waals surface area (Å²) < 4.78 is 38.8. The average Bonchev–Trinajstić information content (AvgIpc) is 2.59. The number of para-hydroxylation sites is 1. The zero-order valence-corrected chi connectivity index (χ0v) is 14.9. The van der Waals surface area contributed by atoms with Crippen molar-refractivity contribution >= 4 is 34.8 Å². The number of nitrogens with zero attached hydrogens (tertiary/aromatic N) is 1. The van der Waals surface area contributed by atoms with Crippen LogP contribution in [0.4, 0.5) is 18.9 Å². The normalized spacial score (nSPS) is 11.8. The third-order valence-corrected chi connectivity index (χ3v) is 3.72. The van der Waals surface area contributed by atoms with Gasteiger partial charge in [-0.05, 0) is 31.2 Å². The first-order chi connectivity index (χ1) is 12.7. The van der Waals surface area contributed by atoms with E-state index in [1.165, 1.54) is 25.1 Å². The van der Waals surface area contributed by atoms with Gasteiger partial charge in [-0.3, -0.25) is 9.59 Å². The summed E-state index contributed by atoms with van der Waals surface area (Å²) in [5, 5.41) is 6.21. The maximum atomic E-state index is 12.9. The zero-order chi connectivity index (χ0) is 20.0. The summed E-state index contributed by atoms with van der Waals surface area (Å²) in [4.78, 5) is 24.0. The molecule has 0 saturated heterocycles. The average molecular weight is 398 g/mol. The summed E-state index contributed by atoms with van der Waals surface area (Å²) >= 11 is 5.90. The molecule has 0 radical (unpaired) electrons. The highest BCUT2D eigenvalue weighted by Gasteiger charge is 2.33. The van der Waals surface area contributed by atoms with Crippen LogP contribution in [0.1, 0.15) is 29.3 Å². The van der Waals surface area contributed by atoms with Gasteiger partial charge in [0.2, 0.25) is 5.91 Å². The van der Waals surface area contributed by atoms with Gasteiger partial charge in [-0.15, -0.1) is 0 Å². The van der Waals surface area contributed by atoms with Crippen molar-refractivity contribution in [2.24, 2.45) is 5.10 Å². The molecule has 2 rings (SSSR count). The van der Waals surface area contributed by atoms with Crippen molar-refractivity contribution in [2.75, 3.05) is 5.32 Å². The number of carbonyl (C=O) groups excluding carboxylic acids is 2. The molecule has 0 aliphatic rings. The van der Waals surface area contributed by atoms with Crippen LogP contribution < -0.4 is 10.7 Å². The highest BCUT2D eigenvalue weighted by molar-refractivity contribution is 6.33. The van der Waals surface area contributed by atoms with Crippen molar-refractivity contribution in [1.29, 1.82) is 0 Å². The zero-order valence-electron chi connectivity index (χ0n) is 14.1. The van der Waals surface area contributed by atoms with Crippen LogP contribution in [0.15, 0.2) is 53.6 Å². The van der Waals surface area contributed by atoms with E-state index in [1.807, 2.05) is 0 Å². The number of alkyl halides is 3. The van der Waals surface area contributed by atoms with Gasteiger partial charge in [0, 0.05) is 5.71 Å². The smallest absolute Gasteiger partial charge is 0.325 e. The Morgan fingerprint density at radius 3 is 2.37 bits per heavy atom. The summed E-state index contributed by atoms with van der Waals surface area (Å²) in [6.45, 7) is 1.46. The van der Waals surface area contributed by atoms with Crippen LogP contribution in [0, 0.1) is 0 Å². The van der Waals surface area contributed by atoms with Gasteiger partial charge in [-0.2, -0.15) is 18.3 Å². The SMILES string of the molecule is CC(CC(=O)Nc1ccccc1C(F)(F)F)=NNC(=O)c1ccccc1Cl. The first-order valence-electron chi connectivity index (χ1n) is 7.72. The Bertz CT molecular complexity index is 882. The maximum absolute atomic E-state index is 12.9. The largest absolute Gasteiger partial charge is 0.418 e. The number of carbonyl (C=O) groups is 2. The van der Waals surface area contributed by atoms with Crippen LogP contribution in [-0.2, 0) is 11.0 Å². The molecule has 2 N–H and O–H groups in total. The molecule has 142 valence electrons. The quantitative estimate of drug-likeness (QED) is 0.576. The first kappa shape index (κ1) is 20.4. The van der Waals surface area contributed by atoms with Crippen LogP contribution in [0.3, 0.4) is 0 Å². The standard InChI is InChI=1S/C18H15ClF3N3O2/c1-11(24-25-17(27)12-6-2-4-8-14(12)19)10-16(26)23-15-9-5-3-7-13(15)18(20,21)22/h2-9H,10H2,1H3,(H,23,26)(H,25,27). The molecule has 27 heavy (non-hydrogen) atoms. The van der Waals surface area contributed by atoms with Crippen LogP contribution in [0.25, 0.3) is 0 Å². The van der Waals surface area contributed by atoms with E-state index in [1.54, 1.807) is 18.2 Å². The summed E-state index contributed by atoms with van der Waals surface area (Å²) in [5.74, 6) is -1.26. The summed E-state index contributed by atoms with van der Waals surface area (Å²) in [6, 6.07) is 11.0. The minimum Gasteiger partial charge on any atom is -0.325 e. The molecule has 0 atom stereocenters. The van der Waals surface area contributed by atoms with E-state index in [0.29, 0.717) is 0 Å². The Balaban J connectivity index is 1.99. The van der Waals surface area contributed by atoms with Crippen LogP contribution in [0.2, 0.25) is 5.02 Å². The molecular formula is C18H15ClF3N3O2. The van der Waals surface area contributed by atoms with E-state index in [0.717, 1.165) is 12.1 Å². The molecule has 5 nitrogen and oxygen atoms in total. The molecule has 0 heterocycles. The predicted octanol–water partition coefficient (Wildman–Crippen LogP) is 4.49. The lowest BCUT2D eigenvalue weighted by Gasteiger charge is -2.13. The topological polar surface area (TPSA) is 70.6 Å². The number of rotatable bonds is 5. The lowest BCUT2D eigenvalue weighted by Crippen LogP contribution is -2.22. The van der Waals surface area contributed by atoms with E-state index in [-0.39, 0.29) is 28.4 Å². The molecule has 0 aromatic heterocycles. The molecule has 0 saturated carbocycles. The van der Waals surface area contributed by atoms with E-state index in [2.05, 4.69) is 15.8 Å². The Morgan fingerprint density at radius 2 is 1.70 bits per heavy atom. The van der Waals surface area contributed by atoms with Gasteiger partial charge in [-0.25, -0.2) is 5.43 Å². The van der Waals surface area contributed by atoms with Gasteiger partial charge in [-0.1, -0.05) is 35.9 Å². The van der Waals surface area contributed by atoms with Gasteiger partial charge in [0.1, 0.15) is 0 Å². The van der Waals surface area contributed by atoms with Crippen LogP contribution in [0.5, 0.6) is 0 Å². The third kappa shape index (κ3) is 5.82. The Kier molecular flexibility index (Phi) is 6.57. The molecule has 2 aromatic carbocycles. The van der Waals surface area contributed by atoms with Gasteiger partial charge >= 0.3 is 6.18 Å². The van der Waals surface area contributed by atoms with Gasteiger partial charge in [0.15, 0.2) is 0 Å². The molecule has 0 fully saturated rings. The van der Waals surface area contributed by atoms with Gasteiger partial charge < -0.3 is 5.32 Å². The molecule has 0 aliphatic carbocycles. The molecule has 0 unspecified atom stereocenters. The monoisotopic (exact) mass is 397 g/mol. The Hall–Kier alpha value is -2.87. The minimum absolute atomic E-state index is 0.206. The van der Waals surface area contributed by atoms with Crippen molar-refractivity contribution in [3.63, 3.8) is 0 Å². The fraction of sp³-hybridized carbons (Fsp3) is 0.167. The summed E-state index contributed by atoms with van der Waals surface area (Å²) in [5.41, 5.74) is 1.37. The number of nitrogens with one attached hydrogen (secondary N) is 2. The van der Waals surface area contributed by atoms with Gasteiger partial charge in [0.25, 0.3) is 5.91 Å². The highest BCUT2D eigenvalue weighted by Crippen LogP contribution is 2.34. The molecule has 2 amide bonds. The maximum Gasteiger partial charge on any atom is 0.418 e. The molecule has 9 heteroatoms. The number of hydrogen-bond donors (Lipinski definition) is 2. The second-order valence-corrected chi connectivity index (χ2v) is 5.94. The molecule has 0 bridgehead atoms. The number of anilines is 1. The molecule has 0 spiro atoms. The molecular weight excluding hydrogens is 383 g/mol. The van der Waals surface area contributed by atoms with E-state index in [9.17, 15) is 22.8 Å². The third-order valence-electron chi connectivity index (χ3n) is 3.39. The Labute approximate surface area is 158 Å². The van der Waals surface area contributed by atoms with Crippen molar-refractivity contribution < 1.29 is 22.8 Å². The fourth-order valence-electron chi connectivity index (χ4n) is 2.16. The van der Waals surface area contributed by atoms with Crippen molar-refractivity contribution in [2.45, 2.75) is 19.5 Å². The fourth-order valence-corrected chi connectivity index (χ4v) is 2.38. The van der Waals surface area contributed by atoms with Crippen LogP contribution >= 0.6 is 11.6 Å². The lowest BCUT2D eigenvalue weighted by molar-refractivity contribution is -0.137. The number of amides is 2. The molecule has 2 aromatic rings. The highest BCUT2D eigenvalue weighted by atomic mass is 35.5. The van der Waals surface area contributed by atoms with Crippen LogP contribution in [-0.4, -0.2) is 17.5 Å². The van der Waals surface area contributed by atoms with E-state index >= 15 is 0 Å². The van der Waals surface area contributed by atoms with Crippen molar-refractivity contribution in [1.82, 2.24) is 5.43 Å². The number of benzene rings is 2. The first-order valence-corrected chi connectivity index (χ1v) is 8.10. The van der Waals surface area contributed by atoms with E-state index < -0.39 is 23.6 Å².